The number of thiophene rings is 1. The third-order valence-electron chi connectivity index (χ3n) is 3.32. The van der Waals surface area contributed by atoms with Gasteiger partial charge in [0.25, 0.3) is 0 Å². The normalized spacial score (nSPS) is 12.8. The van der Waals surface area contributed by atoms with Crippen LogP contribution in [0.15, 0.2) is 24.5 Å². The monoisotopic (exact) mass is 277 g/mol. The summed E-state index contributed by atoms with van der Waals surface area (Å²) >= 11 is 1.90. The van der Waals surface area contributed by atoms with Crippen molar-refractivity contribution in [3.05, 3.63) is 40.1 Å². The number of hydrogen-bond donors (Lipinski definition) is 1. The summed E-state index contributed by atoms with van der Waals surface area (Å²) in [5.41, 5.74) is 0. The molecule has 2 heterocycles. The molecule has 0 radical (unpaired) electrons. The second-order valence-corrected chi connectivity index (χ2v) is 6.27. The Labute approximate surface area is 119 Å². The van der Waals surface area contributed by atoms with E-state index in [1.54, 1.807) is 0 Å². The minimum Gasteiger partial charge on any atom is -0.338 e. The molecule has 1 unspecified atom stereocenters. The molecule has 3 nitrogen and oxygen atoms in total. The van der Waals surface area contributed by atoms with E-state index in [0.29, 0.717) is 6.04 Å². The molecule has 104 valence electrons. The first-order chi connectivity index (χ1) is 9.20. The summed E-state index contributed by atoms with van der Waals surface area (Å²) in [5, 5.41) is 3.65. The van der Waals surface area contributed by atoms with Gasteiger partial charge in [-0.25, -0.2) is 4.98 Å². The Hall–Kier alpha value is -1.13. The number of nitrogens with zero attached hydrogens (tertiary/aromatic N) is 2. The van der Waals surface area contributed by atoms with E-state index in [0.717, 1.165) is 25.2 Å². The second kappa shape index (κ2) is 6.87. The van der Waals surface area contributed by atoms with Crippen LogP contribution in [0, 0.1) is 6.92 Å². The Bertz CT molecular complexity index is 501. The van der Waals surface area contributed by atoms with Crippen LogP contribution < -0.4 is 5.32 Å². The van der Waals surface area contributed by atoms with Crippen LogP contribution >= 0.6 is 11.3 Å². The van der Waals surface area contributed by atoms with Gasteiger partial charge in [0.2, 0.25) is 0 Å². The van der Waals surface area contributed by atoms with Gasteiger partial charge in [0.05, 0.1) is 0 Å². The van der Waals surface area contributed by atoms with Gasteiger partial charge in [-0.3, -0.25) is 0 Å². The van der Waals surface area contributed by atoms with Crippen LogP contribution in [0.1, 0.15) is 41.4 Å². The van der Waals surface area contributed by atoms with E-state index in [9.17, 15) is 0 Å². The largest absolute Gasteiger partial charge is 0.338 e. The lowest BCUT2D eigenvalue weighted by Crippen LogP contribution is -2.22. The summed E-state index contributed by atoms with van der Waals surface area (Å²) in [6, 6.07) is 4.92. The van der Waals surface area contributed by atoms with Gasteiger partial charge < -0.3 is 9.88 Å². The minimum atomic E-state index is 0.454. The summed E-state index contributed by atoms with van der Waals surface area (Å²) in [4.78, 5) is 7.23. The zero-order valence-electron chi connectivity index (χ0n) is 12.0. The van der Waals surface area contributed by atoms with Gasteiger partial charge in [-0.2, -0.15) is 0 Å². The topological polar surface area (TPSA) is 29.9 Å². The third kappa shape index (κ3) is 3.91. The highest BCUT2D eigenvalue weighted by atomic mass is 32.1. The molecular formula is C15H23N3S. The van der Waals surface area contributed by atoms with E-state index >= 15 is 0 Å². The molecule has 19 heavy (non-hydrogen) atoms. The number of aromatic nitrogens is 2. The van der Waals surface area contributed by atoms with Crippen molar-refractivity contribution in [3.63, 3.8) is 0 Å². The average Bonchev–Trinajstić information content (AvgIpc) is 2.99. The van der Waals surface area contributed by atoms with E-state index in [-0.39, 0.29) is 0 Å². The van der Waals surface area contributed by atoms with Gasteiger partial charge in [-0.05, 0) is 38.4 Å². The van der Waals surface area contributed by atoms with Crippen LogP contribution in [-0.2, 0) is 13.5 Å². The van der Waals surface area contributed by atoms with Crippen LogP contribution in [0.25, 0.3) is 0 Å². The standard InChI is InChI=1S/C15H23N3S/c1-4-9-16-13(14-7-5-12(2)19-14)6-8-15-17-10-11-18(15)3/h5,7,10-11,13,16H,4,6,8-9H2,1-3H3. The van der Waals surface area contributed by atoms with Crippen LogP contribution in [-0.4, -0.2) is 16.1 Å². The Kier molecular flexibility index (Phi) is 5.16. The maximum atomic E-state index is 4.41. The molecule has 0 aliphatic carbocycles. The van der Waals surface area contributed by atoms with Gasteiger partial charge in [0.15, 0.2) is 0 Å². The minimum absolute atomic E-state index is 0.454. The number of imidazole rings is 1. The van der Waals surface area contributed by atoms with Crippen molar-refractivity contribution in [1.82, 2.24) is 14.9 Å². The first-order valence-corrected chi connectivity index (χ1v) is 7.78. The van der Waals surface area contributed by atoms with E-state index in [2.05, 4.69) is 47.9 Å². The van der Waals surface area contributed by atoms with Crippen LogP contribution in [0.4, 0.5) is 0 Å². The molecular weight excluding hydrogens is 254 g/mol. The number of nitrogens with one attached hydrogen (secondary N) is 1. The van der Waals surface area contributed by atoms with Crippen LogP contribution in [0.5, 0.6) is 0 Å². The van der Waals surface area contributed by atoms with Crippen molar-refractivity contribution in [2.45, 2.75) is 39.2 Å². The fourth-order valence-corrected chi connectivity index (χ4v) is 3.20. The molecule has 1 atom stereocenters. The zero-order valence-corrected chi connectivity index (χ0v) is 12.8. The van der Waals surface area contributed by atoms with E-state index in [1.807, 2.05) is 23.7 Å². The zero-order chi connectivity index (χ0) is 13.7. The highest BCUT2D eigenvalue weighted by Crippen LogP contribution is 2.26. The fraction of sp³-hybridized carbons (Fsp3) is 0.533. The Morgan fingerprint density at radius 1 is 1.42 bits per heavy atom. The van der Waals surface area contributed by atoms with Crippen molar-refractivity contribution in [2.75, 3.05) is 6.54 Å². The molecule has 1 N–H and O–H groups in total. The van der Waals surface area contributed by atoms with Crippen LogP contribution in [0.3, 0.4) is 0 Å². The Morgan fingerprint density at radius 2 is 2.26 bits per heavy atom. The molecule has 0 aromatic carbocycles. The molecule has 0 fully saturated rings. The Morgan fingerprint density at radius 3 is 2.84 bits per heavy atom. The highest BCUT2D eigenvalue weighted by Gasteiger charge is 2.13. The van der Waals surface area contributed by atoms with Crippen molar-refractivity contribution < 1.29 is 0 Å². The second-order valence-electron chi connectivity index (χ2n) is 4.95. The van der Waals surface area contributed by atoms with E-state index in [1.165, 1.54) is 16.2 Å². The summed E-state index contributed by atoms with van der Waals surface area (Å²) < 4.78 is 2.11. The van der Waals surface area contributed by atoms with Gasteiger partial charge in [0.1, 0.15) is 5.82 Å². The van der Waals surface area contributed by atoms with Gasteiger partial charge in [0, 0.05) is 41.7 Å². The predicted octanol–water partition coefficient (Wildman–Crippen LogP) is 3.46. The molecule has 0 aliphatic rings. The lowest BCUT2D eigenvalue weighted by molar-refractivity contribution is 0.497. The highest BCUT2D eigenvalue weighted by molar-refractivity contribution is 7.12. The fourth-order valence-electron chi connectivity index (χ4n) is 2.22. The van der Waals surface area contributed by atoms with Crippen molar-refractivity contribution in [1.29, 1.82) is 0 Å². The number of hydrogen-bond acceptors (Lipinski definition) is 3. The maximum absolute atomic E-state index is 4.41. The lowest BCUT2D eigenvalue weighted by atomic mass is 10.1. The molecule has 0 saturated heterocycles. The molecule has 2 rings (SSSR count). The average molecular weight is 277 g/mol. The van der Waals surface area contributed by atoms with E-state index < -0.39 is 0 Å². The molecule has 0 aliphatic heterocycles. The molecule has 0 spiro atoms. The quantitative estimate of drug-likeness (QED) is 0.840. The maximum Gasteiger partial charge on any atom is 0.108 e. The molecule has 0 amide bonds. The Balaban J connectivity index is 1.99. The molecule has 2 aromatic rings. The summed E-state index contributed by atoms with van der Waals surface area (Å²) in [6.07, 6.45) is 7.17. The third-order valence-corrected chi connectivity index (χ3v) is 4.44. The molecule has 0 saturated carbocycles. The summed E-state index contributed by atoms with van der Waals surface area (Å²) in [6.45, 7) is 5.45. The van der Waals surface area contributed by atoms with Crippen molar-refractivity contribution in [3.8, 4) is 0 Å². The summed E-state index contributed by atoms with van der Waals surface area (Å²) in [5.74, 6) is 1.16. The number of rotatable bonds is 7. The molecule has 4 heteroatoms. The lowest BCUT2D eigenvalue weighted by Gasteiger charge is -2.17. The first kappa shape index (κ1) is 14.3. The smallest absolute Gasteiger partial charge is 0.108 e. The van der Waals surface area contributed by atoms with Crippen molar-refractivity contribution >= 4 is 11.3 Å². The first-order valence-electron chi connectivity index (χ1n) is 6.96. The van der Waals surface area contributed by atoms with Crippen molar-refractivity contribution in [2.24, 2.45) is 7.05 Å². The van der Waals surface area contributed by atoms with E-state index in [4.69, 9.17) is 0 Å². The predicted molar refractivity (Wildman–Crippen MR) is 81.6 cm³/mol. The number of aryl methyl sites for hydroxylation is 3. The summed E-state index contributed by atoms with van der Waals surface area (Å²) in [7, 11) is 2.06. The SMILES string of the molecule is CCCNC(CCc1nccn1C)c1ccc(C)s1. The van der Waals surface area contributed by atoms with Crippen LogP contribution in [0.2, 0.25) is 0 Å². The molecule has 0 bridgehead atoms. The van der Waals surface area contributed by atoms with Gasteiger partial charge >= 0.3 is 0 Å². The van der Waals surface area contributed by atoms with Gasteiger partial charge in [-0.15, -0.1) is 11.3 Å². The van der Waals surface area contributed by atoms with Gasteiger partial charge in [-0.1, -0.05) is 6.92 Å². The molecule has 2 aromatic heterocycles.